The van der Waals surface area contributed by atoms with E-state index >= 15 is 0 Å². The van der Waals surface area contributed by atoms with Crippen molar-refractivity contribution < 1.29 is 19.0 Å². The van der Waals surface area contributed by atoms with Crippen molar-refractivity contribution in [2.24, 2.45) is 0 Å². The maximum Gasteiger partial charge on any atom is 0.339 e. The Morgan fingerprint density at radius 1 is 1.35 bits per heavy atom. The second kappa shape index (κ2) is 5.59. The molecule has 0 heterocycles. The van der Waals surface area contributed by atoms with Crippen LogP contribution in [0.3, 0.4) is 0 Å². The molecule has 0 radical (unpaired) electrons. The molecule has 2 aromatic rings. The highest BCUT2D eigenvalue weighted by Gasteiger charge is 2.16. The average molecular weight is 292 g/mol. The third-order valence-electron chi connectivity index (χ3n) is 2.48. The van der Waals surface area contributed by atoms with Gasteiger partial charge in [0.05, 0.1) is 10.6 Å². The Morgan fingerprint density at radius 3 is 2.70 bits per heavy atom. The number of para-hydroxylation sites is 1. The van der Waals surface area contributed by atoms with Gasteiger partial charge in [0.2, 0.25) is 0 Å². The van der Waals surface area contributed by atoms with E-state index in [2.05, 4.69) is 0 Å². The number of halogens is 2. The van der Waals surface area contributed by atoms with E-state index in [1.165, 1.54) is 30.3 Å². The summed E-state index contributed by atoms with van der Waals surface area (Å²) in [5.74, 6) is -1.99. The molecule has 0 aliphatic heterocycles. The molecule has 0 saturated carbocycles. The van der Waals surface area contributed by atoms with Crippen LogP contribution in [0.1, 0.15) is 15.9 Å². The number of hydrogen-bond donors (Lipinski definition) is 1. The molecule has 0 saturated heterocycles. The minimum Gasteiger partial charge on any atom is -0.478 e. The Labute approximate surface area is 118 Å². The van der Waals surface area contributed by atoms with E-state index in [0.717, 1.165) is 6.07 Å². The normalized spacial score (nSPS) is 9.85. The summed E-state index contributed by atoms with van der Waals surface area (Å²) in [5, 5.41) is 17.8. The highest BCUT2D eigenvalue weighted by atomic mass is 35.5. The smallest absolute Gasteiger partial charge is 0.339 e. The van der Waals surface area contributed by atoms with Crippen molar-refractivity contribution in [3.05, 3.63) is 58.4 Å². The second-order valence-corrected chi connectivity index (χ2v) is 4.18. The molecule has 0 unspecified atom stereocenters. The largest absolute Gasteiger partial charge is 0.478 e. The van der Waals surface area contributed by atoms with Crippen LogP contribution in [0.25, 0.3) is 0 Å². The Morgan fingerprint density at radius 2 is 2.10 bits per heavy atom. The Balaban J connectivity index is 2.43. The number of nitriles is 1. The zero-order valence-electron chi connectivity index (χ0n) is 9.93. The van der Waals surface area contributed by atoms with Gasteiger partial charge in [0.25, 0.3) is 0 Å². The summed E-state index contributed by atoms with van der Waals surface area (Å²) in [7, 11) is 0. The zero-order chi connectivity index (χ0) is 14.7. The van der Waals surface area contributed by atoms with Gasteiger partial charge in [0.1, 0.15) is 23.2 Å². The number of carboxylic acids is 1. The molecule has 4 nitrogen and oxygen atoms in total. The van der Waals surface area contributed by atoms with Gasteiger partial charge in [-0.15, -0.1) is 0 Å². The first-order valence-corrected chi connectivity index (χ1v) is 5.80. The first kappa shape index (κ1) is 13.8. The van der Waals surface area contributed by atoms with Crippen molar-refractivity contribution in [3.8, 4) is 17.6 Å². The van der Waals surface area contributed by atoms with Gasteiger partial charge >= 0.3 is 5.97 Å². The Kier molecular flexibility index (Phi) is 3.87. The van der Waals surface area contributed by atoms with E-state index in [-0.39, 0.29) is 27.6 Å². The standard InChI is InChI=1S/C14H7ClFNO3/c15-11-3-1-2-10(14(18)19)13(11)20-9-5-4-8(7-17)12(16)6-9/h1-6H,(H,18,19). The summed E-state index contributed by atoms with van der Waals surface area (Å²) in [5.41, 5.74) is -0.266. The second-order valence-electron chi connectivity index (χ2n) is 3.78. The van der Waals surface area contributed by atoms with Gasteiger partial charge in [0.15, 0.2) is 5.75 Å². The summed E-state index contributed by atoms with van der Waals surface area (Å²) in [6.07, 6.45) is 0. The fourth-order valence-electron chi connectivity index (χ4n) is 1.55. The van der Waals surface area contributed by atoms with Gasteiger partial charge in [-0.3, -0.25) is 0 Å². The molecule has 0 amide bonds. The van der Waals surface area contributed by atoms with E-state index in [9.17, 15) is 9.18 Å². The number of carboxylic acid groups (broad SMARTS) is 1. The third kappa shape index (κ3) is 2.71. The molecule has 1 N–H and O–H groups in total. The topological polar surface area (TPSA) is 70.3 Å². The summed E-state index contributed by atoms with van der Waals surface area (Å²) >= 11 is 5.89. The molecule has 0 aliphatic rings. The van der Waals surface area contributed by atoms with Crippen LogP contribution in [0, 0.1) is 17.1 Å². The first-order valence-electron chi connectivity index (χ1n) is 5.42. The molecule has 2 rings (SSSR count). The number of rotatable bonds is 3. The van der Waals surface area contributed by atoms with Crippen molar-refractivity contribution in [1.82, 2.24) is 0 Å². The van der Waals surface area contributed by atoms with Crippen molar-refractivity contribution in [2.45, 2.75) is 0 Å². The first-order chi connectivity index (χ1) is 9.52. The number of carbonyl (C=O) groups is 1. The Bertz CT molecular complexity index is 725. The maximum absolute atomic E-state index is 13.5. The monoisotopic (exact) mass is 291 g/mol. The number of benzene rings is 2. The van der Waals surface area contributed by atoms with Gasteiger partial charge in [-0.1, -0.05) is 17.7 Å². The summed E-state index contributed by atoms with van der Waals surface area (Å²) in [6, 6.07) is 9.52. The quantitative estimate of drug-likeness (QED) is 0.932. The molecule has 6 heteroatoms. The summed E-state index contributed by atoms with van der Waals surface area (Å²) < 4.78 is 18.8. The van der Waals surface area contributed by atoms with Crippen molar-refractivity contribution in [1.29, 1.82) is 5.26 Å². The number of hydrogen-bond acceptors (Lipinski definition) is 3. The summed E-state index contributed by atoms with van der Waals surface area (Å²) in [6.45, 7) is 0. The molecule has 20 heavy (non-hydrogen) atoms. The van der Waals surface area contributed by atoms with Crippen LogP contribution in [0.5, 0.6) is 11.5 Å². The molecular weight excluding hydrogens is 285 g/mol. The van der Waals surface area contributed by atoms with Gasteiger partial charge in [-0.2, -0.15) is 5.26 Å². The fourth-order valence-corrected chi connectivity index (χ4v) is 1.76. The third-order valence-corrected chi connectivity index (χ3v) is 2.78. The van der Waals surface area contributed by atoms with E-state index in [4.69, 9.17) is 26.7 Å². The van der Waals surface area contributed by atoms with Crippen molar-refractivity contribution in [3.63, 3.8) is 0 Å². The predicted molar refractivity (Wildman–Crippen MR) is 69.6 cm³/mol. The average Bonchev–Trinajstić information content (AvgIpc) is 2.41. The lowest BCUT2D eigenvalue weighted by molar-refractivity contribution is 0.0694. The van der Waals surface area contributed by atoms with Crippen LogP contribution in [0.4, 0.5) is 4.39 Å². The van der Waals surface area contributed by atoms with Crippen LogP contribution in [0.2, 0.25) is 5.02 Å². The number of aromatic carboxylic acids is 1. The maximum atomic E-state index is 13.5. The molecule has 2 aromatic carbocycles. The van der Waals surface area contributed by atoms with E-state index < -0.39 is 11.8 Å². The molecule has 0 bridgehead atoms. The highest BCUT2D eigenvalue weighted by molar-refractivity contribution is 6.32. The molecule has 0 aliphatic carbocycles. The molecule has 0 spiro atoms. The zero-order valence-corrected chi connectivity index (χ0v) is 10.7. The van der Waals surface area contributed by atoms with Crippen LogP contribution >= 0.6 is 11.6 Å². The molecule has 100 valence electrons. The lowest BCUT2D eigenvalue weighted by Gasteiger charge is -2.10. The lowest BCUT2D eigenvalue weighted by Crippen LogP contribution is -2.00. The minimum absolute atomic E-state index is 0.0529. The fraction of sp³-hybridized carbons (Fsp3) is 0. The molecule has 0 fully saturated rings. The van der Waals surface area contributed by atoms with E-state index in [1.807, 2.05) is 0 Å². The molecule has 0 aromatic heterocycles. The van der Waals surface area contributed by atoms with Crippen LogP contribution < -0.4 is 4.74 Å². The van der Waals surface area contributed by atoms with E-state index in [0.29, 0.717) is 0 Å². The summed E-state index contributed by atoms with van der Waals surface area (Å²) in [4.78, 5) is 11.1. The lowest BCUT2D eigenvalue weighted by atomic mass is 10.2. The minimum atomic E-state index is -1.21. The van der Waals surface area contributed by atoms with Crippen molar-refractivity contribution in [2.75, 3.05) is 0 Å². The number of ether oxygens (including phenoxy) is 1. The SMILES string of the molecule is N#Cc1ccc(Oc2c(Cl)cccc2C(=O)O)cc1F. The molecule has 0 atom stereocenters. The molecular formula is C14H7ClFNO3. The van der Waals surface area contributed by atoms with Crippen LogP contribution in [0.15, 0.2) is 36.4 Å². The van der Waals surface area contributed by atoms with Crippen LogP contribution in [-0.2, 0) is 0 Å². The van der Waals surface area contributed by atoms with Gasteiger partial charge < -0.3 is 9.84 Å². The van der Waals surface area contributed by atoms with Gasteiger partial charge in [-0.05, 0) is 24.3 Å². The number of nitrogens with zero attached hydrogens (tertiary/aromatic N) is 1. The van der Waals surface area contributed by atoms with E-state index in [1.54, 1.807) is 6.07 Å². The van der Waals surface area contributed by atoms with Gasteiger partial charge in [0, 0.05) is 6.07 Å². The Hall–Kier alpha value is -2.58. The predicted octanol–water partition coefficient (Wildman–Crippen LogP) is 3.84. The van der Waals surface area contributed by atoms with Gasteiger partial charge in [-0.25, -0.2) is 9.18 Å². The van der Waals surface area contributed by atoms with Crippen molar-refractivity contribution >= 4 is 17.6 Å². The highest BCUT2D eigenvalue weighted by Crippen LogP contribution is 2.33. The van der Waals surface area contributed by atoms with Crippen LogP contribution in [-0.4, -0.2) is 11.1 Å².